The molecule has 1 aromatic rings. The molecule has 0 spiro atoms. The third-order valence-electron chi connectivity index (χ3n) is 4.55. The van der Waals surface area contributed by atoms with Crippen molar-refractivity contribution in [3.05, 3.63) is 33.8 Å². The summed E-state index contributed by atoms with van der Waals surface area (Å²) >= 11 is 3.63. The molecule has 1 unspecified atom stereocenters. The summed E-state index contributed by atoms with van der Waals surface area (Å²) in [6.07, 6.45) is 9.67. The summed E-state index contributed by atoms with van der Waals surface area (Å²) < 4.78 is 1.20. The molecule has 112 valence electrons. The fourth-order valence-electron chi connectivity index (χ4n) is 3.38. The van der Waals surface area contributed by atoms with Gasteiger partial charge in [-0.05, 0) is 55.5 Å². The molecule has 1 fully saturated rings. The van der Waals surface area contributed by atoms with E-state index in [2.05, 4.69) is 53.3 Å². The Balaban J connectivity index is 2.10. The Morgan fingerprint density at radius 3 is 2.70 bits per heavy atom. The van der Waals surface area contributed by atoms with Crippen LogP contribution in [0.1, 0.15) is 69.0 Å². The van der Waals surface area contributed by atoms with Crippen molar-refractivity contribution < 1.29 is 0 Å². The average Bonchev–Trinajstić information content (AvgIpc) is 2.47. The van der Waals surface area contributed by atoms with E-state index < -0.39 is 0 Å². The number of aryl methyl sites for hydroxylation is 1. The van der Waals surface area contributed by atoms with E-state index in [0.717, 1.165) is 12.5 Å². The van der Waals surface area contributed by atoms with Gasteiger partial charge in [-0.1, -0.05) is 61.0 Å². The maximum Gasteiger partial charge on any atom is 0.0325 e. The molecule has 0 amide bonds. The van der Waals surface area contributed by atoms with Gasteiger partial charge < -0.3 is 5.32 Å². The smallest absolute Gasteiger partial charge is 0.0325 e. The zero-order chi connectivity index (χ0) is 14.4. The molecule has 1 aliphatic rings. The first kappa shape index (κ1) is 16.0. The van der Waals surface area contributed by atoms with Gasteiger partial charge in [0.15, 0.2) is 0 Å². The van der Waals surface area contributed by atoms with Crippen LogP contribution < -0.4 is 5.32 Å². The van der Waals surface area contributed by atoms with E-state index in [0.29, 0.717) is 6.04 Å². The summed E-state index contributed by atoms with van der Waals surface area (Å²) in [6.45, 7) is 5.60. The normalized spacial score (nSPS) is 18.1. The Hall–Kier alpha value is -0.340. The predicted molar refractivity (Wildman–Crippen MR) is 91.1 cm³/mol. The highest BCUT2D eigenvalue weighted by Crippen LogP contribution is 2.33. The Labute approximate surface area is 132 Å². The van der Waals surface area contributed by atoms with Crippen molar-refractivity contribution in [3.63, 3.8) is 0 Å². The van der Waals surface area contributed by atoms with Crippen LogP contribution >= 0.6 is 15.9 Å². The van der Waals surface area contributed by atoms with E-state index in [1.54, 1.807) is 0 Å². The number of hydrogen-bond donors (Lipinski definition) is 1. The second-order valence-corrected chi connectivity index (χ2v) is 7.16. The monoisotopic (exact) mass is 337 g/mol. The van der Waals surface area contributed by atoms with E-state index in [1.165, 1.54) is 60.5 Å². The van der Waals surface area contributed by atoms with Gasteiger partial charge in [-0.15, -0.1) is 0 Å². The molecule has 0 aromatic heterocycles. The van der Waals surface area contributed by atoms with Crippen molar-refractivity contribution in [1.29, 1.82) is 0 Å². The Morgan fingerprint density at radius 2 is 2.00 bits per heavy atom. The highest BCUT2D eigenvalue weighted by atomic mass is 79.9. The minimum Gasteiger partial charge on any atom is -0.310 e. The van der Waals surface area contributed by atoms with Gasteiger partial charge in [0.1, 0.15) is 0 Å². The van der Waals surface area contributed by atoms with Crippen molar-refractivity contribution in [3.8, 4) is 0 Å². The molecule has 0 heterocycles. The third-order valence-corrected chi connectivity index (χ3v) is 5.04. The van der Waals surface area contributed by atoms with Crippen LogP contribution in [0, 0.1) is 12.8 Å². The van der Waals surface area contributed by atoms with E-state index in [4.69, 9.17) is 0 Å². The first-order chi connectivity index (χ1) is 9.70. The molecule has 1 N–H and O–H groups in total. The maximum atomic E-state index is 3.78. The molecule has 1 saturated carbocycles. The topological polar surface area (TPSA) is 12.0 Å². The number of hydrogen-bond acceptors (Lipinski definition) is 1. The van der Waals surface area contributed by atoms with Gasteiger partial charge in [0.2, 0.25) is 0 Å². The number of halogens is 1. The fourth-order valence-corrected chi connectivity index (χ4v) is 3.76. The van der Waals surface area contributed by atoms with Crippen LogP contribution in [-0.2, 0) is 0 Å². The van der Waals surface area contributed by atoms with Crippen molar-refractivity contribution in [2.45, 2.75) is 64.8 Å². The molecular weight excluding hydrogens is 310 g/mol. The van der Waals surface area contributed by atoms with E-state index in [9.17, 15) is 0 Å². The summed E-state index contributed by atoms with van der Waals surface area (Å²) in [7, 11) is 0. The largest absolute Gasteiger partial charge is 0.310 e. The third kappa shape index (κ3) is 4.60. The van der Waals surface area contributed by atoms with Gasteiger partial charge in [-0.25, -0.2) is 0 Å². The maximum absolute atomic E-state index is 3.78. The van der Waals surface area contributed by atoms with Gasteiger partial charge >= 0.3 is 0 Å². The number of rotatable bonds is 6. The minimum absolute atomic E-state index is 0.524. The van der Waals surface area contributed by atoms with Crippen LogP contribution in [-0.4, -0.2) is 6.54 Å². The Morgan fingerprint density at radius 1 is 1.25 bits per heavy atom. The second-order valence-electron chi connectivity index (χ2n) is 6.25. The van der Waals surface area contributed by atoms with Gasteiger partial charge in [0.05, 0.1) is 0 Å². The van der Waals surface area contributed by atoms with Gasteiger partial charge in [-0.2, -0.15) is 0 Å². The quantitative estimate of drug-likeness (QED) is 0.694. The molecule has 1 aromatic carbocycles. The highest BCUT2D eigenvalue weighted by molar-refractivity contribution is 9.10. The molecule has 1 aliphatic carbocycles. The summed E-state index contributed by atoms with van der Waals surface area (Å²) in [5.74, 6) is 0.913. The van der Waals surface area contributed by atoms with Gasteiger partial charge in [0, 0.05) is 10.5 Å². The molecule has 1 nitrogen and oxygen atoms in total. The van der Waals surface area contributed by atoms with E-state index in [-0.39, 0.29) is 0 Å². The fraction of sp³-hybridized carbons (Fsp3) is 0.667. The molecule has 0 saturated heterocycles. The van der Waals surface area contributed by atoms with E-state index >= 15 is 0 Å². The lowest BCUT2D eigenvalue weighted by Crippen LogP contribution is -2.26. The van der Waals surface area contributed by atoms with Gasteiger partial charge in [0.25, 0.3) is 0 Å². The molecule has 1 atom stereocenters. The highest BCUT2D eigenvalue weighted by Gasteiger charge is 2.21. The predicted octanol–water partition coefficient (Wildman–Crippen LogP) is 5.77. The van der Waals surface area contributed by atoms with Crippen LogP contribution in [0.25, 0.3) is 0 Å². The van der Waals surface area contributed by atoms with Crippen LogP contribution in [0.2, 0.25) is 0 Å². The van der Waals surface area contributed by atoms with Crippen molar-refractivity contribution in [2.75, 3.05) is 6.54 Å². The molecule has 20 heavy (non-hydrogen) atoms. The molecule has 2 rings (SSSR count). The van der Waals surface area contributed by atoms with Crippen molar-refractivity contribution in [1.82, 2.24) is 5.32 Å². The molecule has 0 radical (unpaired) electrons. The zero-order valence-electron chi connectivity index (χ0n) is 12.9. The Kier molecular flexibility index (Phi) is 6.57. The van der Waals surface area contributed by atoms with Crippen molar-refractivity contribution >= 4 is 15.9 Å². The SMILES string of the molecule is CCCNC(CC1CCCCC1)c1cc(Br)ccc1C. The summed E-state index contributed by atoms with van der Waals surface area (Å²) in [4.78, 5) is 0. The first-order valence-corrected chi connectivity index (χ1v) is 8.99. The summed E-state index contributed by atoms with van der Waals surface area (Å²) in [6, 6.07) is 7.22. The lowest BCUT2D eigenvalue weighted by atomic mass is 9.82. The number of nitrogens with one attached hydrogen (secondary N) is 1. The lowest BCUT2D eigenvalue weighted by molar-refractivity contribution is 0.299. The summed E-state index contributed by atoms with van der Waals surface area (Å²) in [5, 5.41) is 3.78. The second kappa shape index (κ2) is 8.19. The standard InChI is InChI=1S/C18H28BrN/c1-3-11-20-18(12-15-7-5-4-6-8-15)17-13-16(19)10-9-14(17)2/h9-10,13,15,18,20H,3-8,11-12H2,1-2H3. The molecule has 0 bridgehead atoms. The van der Waals surface area contributed by atoms with E-state index in [1.807, 2.05) is 0 Å². The van der Waals surface area contributed by atoms with Crippen LogP contribution in [0.3, 0.4) is 0 Å². The summed E-state index contributed by atoms with van der Waals surface area (Å²) in [5.41, 5.74) is 2.90. The van der Waals surface area contributed by atoms with Crippen LogP contribution in [0.4, 0.5) is 0 Å². The van der Waals surface area contributed by atoms with Crippen LogP contribution in [0.15, 0.2) is 22.7 Å². The molecular formula is C18H28BrN. The minimum atomic E-state index is 0.524. The Bertz CT molecular complexity index is 410. The number of benzene rings is 1. The molecule has 2 heteroatoms. The molecule has 0 aliphatic heterocycles. The first-order valence-electron chi connectivity index (χ1n) is 8.20. The van der Waals surface area contributed by atoms with Crippen molar-refractivity contribution in [2.24, 2.45) is 5.92 Å². The zero-order valence-corrected chi connectivity index (χ0v) is 14.5. The van der Waals surface area contributed by atoms with Crippen LogP contribution in [0.5, 0.6) is 0 Å². The van der Waals surface area contributed by atoms with Gasteiger partial charge in [-0.3, -0.25) is 0 Å². The average molecular weight is 338 g/mol. The lowest BCUT2D eigenvalue weighted by Gasteiger charge is -2.28.